The summed E-state index contributed by atoms with van der Waals surface area (Å²) in [7, 11) is 4.91. The average molecular weight is 396 g/mol. The number of ether oxygens (including phenoxy) is 2. The summed E-state index contributed by atoms with van der Waals surface area (Å²) in [5.74, 6) is 2.00. The van der Waals surface area contributed by atoms with Crippen LogP contribution in [0.15, 0.2) is 47.5 Å². The molecule has 3 rings (SSSR count). The Balaban J connectivity index is 1.50. The smallest absolute Gasteiger partial charge is 0.242 e. The van der Waals surface area contributed by atoms with Crippen LogP contribution < -0.4 is 20.1 Å². The van der Waals surface area contributed by atoms with Crippen LogP contribution in [0, 0.1) is 0 Å². The first-order valence-corrected chi connectivity index (χ1v) is 9.64. The number of aliphatic imine (C=N–C) groups is 1. The molecular formula is C22H28N4O3. The van der Waals surface area contributed by atoms with E-state index < -0.39 is 0 Å². The SMILES string of the molecule is CN=C(NCC(=O)N1CCc2ccccc2C1)NCc1ccc(OC)c(OC)c1. The molecule has 0 saturated heterocycles. The van der Waals surface area contributed by atoms with Crippen LogP contribution in [-0.4, -0.2) is 51.1 Å². The standard InChI is InChI=1S/C22H28N4O3/c1-23-22(24-13-16-8-9-19(28-2)20(12-16)29-3)25-14-21(27)26-11-10-17-6-4-5-7-18(17)15-26/h4-9,12H,10-11,13-15H2,1-3H3,(H2,23,24,25). The van der Waals surface area contributed by atoms with Gasteiger partial charge in [-0.05, 0) is 35.2 Å². The van der Waals surface area contributed by atoms with Gasteiger partial charge in [-0.3, -0.25) is 9.79 Å². The Hall–Kier alpha value is -3.22. The number of carbonyl (C=O) groups excluding carboxylic acids is 1. The first kappa shape index (κ1) is 20.5. The second-order valence-corrected chi connectivity index (χ2v) is 6.80. The molecule has 2 aromatic carbocycles. The van der Waals surface area contributed by atoms with Crippen molar-refractivity contribution in [2.24, 2.45) is 4.99 Å². The van der Waals surface area contributed by atoms with Gasteiger partial charge in [-0.25, -0.2) is 0 Å². The Labute approximate surface area is 171 Å². The zero-order valence-electron chi connectivity index (χ0n) is 17.2. The fourth-order valence-corrected chi connectivity index (χ4v) is 3.38. The number of amides is 1. The van der Waals surface area contributed by atoms with E-state index in [2.05, 4.69) is 27.8 Å². The van der Waals surface area contributed by atoms with Gasteiger partial charge in [-0.15, -0.1) is 0 Å². The Morgan fingerprint density at radius 3 is 2.55 bits per heavy atom. The minimum atomic E-state index is 0.0635. The number of benzene rings is 2. The Morgan fingerprint density at radius 2 is 1.83 bits per heavy atom. The van der Waals surface area contributed by atoms with E-state index in [0.29, 0.717) is 30.5 Å². The third-order valence-electron chi connectivity index (χ3n) is 5.02. The Bertz CT molecular complexity index is 882. The first-order valence-electron chi connectivity index (χ1n) is 9.64. The Morgan fingerprint density at radius 1 is 1.07 bits per heavy atom. The number of carbonyl (C=O) groups is 1. The predicted octanol–water partition coefficient (Wildman–Crippen LogP) is 1.95. The number of fused-ring (bicyclic) bond motifs is 1. The third-order valence-corrected chi connectivity index (χ3v) is 5.02. The van der Waals surface area contributed by atoms with Crippen molar-refractivity contribution in [1.82, 2.24) is 15.5 Å². The fraction of sp³-hybridized carbons (Fsp3) is 0.364. The van der Waals surface area contributed by atoms with Gasteiger partial charge in [-0.1, -0.05) is 30.3 Å². The lowest BCUT2D eigenvalue weighted by Gasteiger charge is -2.29. The number of hydrogen-bond donors (Lipinski definition) is 2. The van der Waals surface area contributed by atoms with Crippen LogP contribution in [0.3, 0.4) is 0 Å². The molecule has 1 amide bonds. The van der Waals surface area contributed by atoms with E-state index in [1.54, 1.807) is 21.3 Å². The minimum absolute atomic E-state index is 0.0635. The summed E-state index contributed by atoms with van der Waals surface area (Å²) in [6.45, 7) is 2.16. The zero-order valence-corrected chi connectivity index (χ0v) is 17.2. The van der Waals surface area contributed by atoms with Crippen molar-refractivity contribution in [1.29, 1.82) is 0 Å². The van der Waals surface area contributed by atoms with Crippen LogP contribution >= 0.6 is 0 Å². The molecule has 0 spiro atoms. The normalized spacial score (nSPS) is 13.5. The van der Waals surface area contributed by atoms with E-state index in [0.717, 1.165) is 18.5 Å². The average Bonchev–Trinajstić information content (AvgIpc) is 2.78. The van der Waals surface area contributed by atoms with Gasteiger partial charge in [0.05, 0.1) is 20.8 Å². The maximum Gasteiger partial charge on any atom is 0.242 e. The second-order valence-electron chi connectivity index (χ2n) is 6.80. The van der Waals surface area contributed by atoms with Gasteiger partial charge in [0.1, 0.15) is 0 Å². The molecule has 1 heterocycles. The lowest BCUT2D eigenvalue weighted by atomic mass is 10.00. The predicted molar refractivity (Wildman–Crippen MR) is 113 cm³/mol. The van der Waals surface area contributed by atoms with Crippen LogP contribution in [0.4, 0.5) is 0 Å². The number of rotatable bonds is 6. The van der Waals surface area contributed by atoms with E-state index in [1.165, 1.54) is 11.1 Å². The van der Waals surface area contributed by atoms with Crippen molar-refractivity contribution in [3.05, 3.63) is 59.2 Å². The first-order chi connectivity index (χ1) is 14.1. The molecule has 0 saturated carbocycles. The molecule has 0 unspecified atom stereocenters. The molecule has 0 bridgehead atoms. The maximum atomic E-state index is 12.6. The van der Waals surface area contributed by atoms with Crippen molar-refractivity contribution in [3.8, 4) is 11.5 Å². The quantitative estimate of drug-likeness (QED) is 0.577. The number of guanidine groups is 1. The number of nitrogens with zero attached hydrogens (tertiary/aromatic N) is 2. The van der Waals surface area contributed by atoms with E-state index >= 15 is 0 Å². The van der Waals surface area contributed by atoms with Gasteiger partial charge in [0.25, 0.3) is 0 Å². The van der Waals surface area contributed by atoms with Crippen LogP contribution in [0.5, 0.6) is 11.5 Å². The molecule has 7 nitrogen and oxygen atoms in total. The number of hydrogen-bond acceptors (Lipinski definition) is 4. The lowest BCUT2D eigenvalue weighted by Crippen LogP contribution is -2.45. The second kappa shape index (κ2) is 9.82. The molecule has 0 fully saturated rings. The fourth-order valence-electron chi connectivity index (χ4n) is 3.38. The Kier molecular flexibility index (Phi) is 6.94. The summed E-state index contributed by atoms with van der Waals surface area (Å²) in [6, 6.07) is 14.0. The molecular weight excluding hydrogens is 368 g/mol. The van der Waals surface area contributed by atoms with Crippen LogP contribution in [0.25, 0.3) is 0 Å². The third kappa shape index (κ3) is 5.19. The van der Waals surface area contributed by atoms with Gasteiger partial charge >= 0.3 is 0 Å². The van der Waals surface area contributed by atoms with Gasteiger partial charge in [0.2, 0.25) is 5.91 Å². The highest BCUT2D eigenvalue weighted by molar-refractivity contribution is 5.86. The largest absolute Gasteiger partial charge is 0.493 e. The molecule has 2 aromatic rings. The van der Waals surface area contributed by atoms with E-state index in [-0.39, 0.29) is 12.5 Å². The van der Waals surface area contributed by atoms with Crippen molar-refractivity contribution in [2.75, 3.05) is 34.4 Å². The summed E-state index contributed by atoms with van der Waals surface area (Å²) in [5, 5.41) is 6.32. The van der Waals surface area contributed by atoms with Crippen molar-refractivity contribution in [3.63, 3.8) is 0 Å². The summed E-state index contributed by atoms with van der Waals surface area (Å²) < 4.78 is 10.6. The van der Waals surface area contributed by atoms with Crippen molar-refractivity contribution in [2.45, 2.75) is 19.5 Å². The van der Waals surface area contributed by atoms with E-state index in [4.69, 9.17) is 9.47 Å². The van der Waals surface area contributed by atoms with Crippen molar-refractivity contribution < 1.29 is 14.3 Å². The molecule has 1 aliphatic heterocycles. The lowest BCUT2D eigenvalue weighted by molar-refractivity contribution is -0.130. The topological polar surface area (TPSA) is 75.2 Å². The highest BCUT2D eigenvalue weighted by Crippen LogP contribution is 2.27. The molecule has 2 N–H and O–H groups in total. The molecule has 0 aliphatic carbocycles. The summed E-state index contributed by atoms with van der Waals surface area (Å²) in [4.78, 5) is 18.7. The van der Waals surface area contributed by atoms with E-state index in [9.17, 15) is 4.79 Å². The molecule has 0 radical (unpaired) electrons. The minimum Gasteiger partial charge on any atom is -0.493 e. The van der Waals surface area contributed by atoms with Crippen LogP contribution in [0.2, 0.25) is 0 Å². The van der Waals surface area contributed by atoms with Gasteiger partial charge in [0.15, 0.2) is 17.5 Å². The molecule has 0 aromatic heterocycles. The summed E-state index contributed by atoms with van der Waals surface area (Å²) in [6.07, 6.45) is 0.897. The van der Waals surface area contributed by atoms with Crippen LogP contribution in [-0.2, 0) is 24.3 Å². The van der Waals surface area contributed by atoms with Gasteiger partial charge in [0, 0.05) is 26.7 Å². The molecule has 154 valence electrons. The highest BCUT2D eigenvalue weighted by Gasteiger charge is 2.20. The monoisotopic (exact) mass is 396 g/mol. The zero-order chi connectivity index (χ0) is 20.6. The van der Waals surface area contributed by atoms with E-state index in [1.807, 2.05) is 35.2 Å². The summed E-state index contributed by atoms with van der Waals surface area (Å²) >= 11 is 0. The number of methoxy groups -OCH3 is 2. The number of nitrogens with one attached hydrogen (secondary N) is 2. The van der Waals surface area contributed by atoms with Gasteiger partial charge in [-0.2, -0.15) is 0 Å². The highest BCUT2D eigenvalue weighted by atomic mass is 16.5. The maximum absolute atomic E-state index is 12.6. The molecule has 1 aliphatic rings. The van der Waals surface area contributed by atoms with Gasteiger partial charge < -0.3 is 25.0 Å². The van der Waals surface area contributed by atoms with Crippen LogP contribution in [0.1, 0.15) is 16.7 Å². The molecule has 7 heteroatoms. The van der Waals surface area contributed by atoms with Crippen molar-refractivity contribution >= 4 is 11.9 Å². The summed E-state index contributed by atoms with van der Waals surface area (Å²) in [5.41, 5.74) is 3.57. The molecule has 29 heavy (non-hydrogen) atoms. The molecule has 0 atom stereocenters.